The minimum Gasteiger partial charge on any atom is -0.288 e. The Bertz CT molecular complexity index is 496. The van der Waals surface area contributed by atoms with Crippen LogP contribution >= 0.6 is 23.1 Å². The first kappa shape index (κ1) is 12.3. The smallest absolute Gasteiger partial charge is 0.185 e. The van der Waals surface area contributed by atoms with Crippen LogP contribution in [0.3, 0.4) is 0 Å². The van der Waals surface area contributed by atoms with Crippen molar-refractivity contribution in [3.63, 3.8) is 0 Å². The maximum absolute atomic E-state index is 10.8. The molecule has 17 heavy (non-hydrogen) atoms. The topological polar surface area (TPSA) is 42.9 Å². The predicted octanol–water partition coefficient (Wildman–Crippen LogP) is 3.03. The number of thioether (sulfide) groups is 1. The van der Waals surface area contributed by atoms with Gasteiger partial charge in [0.2, 0.25) is 0 Å². The monoisotopic (exact) mass is 264 g/mol. The van der Waals surface area contributed by atoms with Gasteiger partial charge in [0.25, 0.3) is 0 Å². The van der Waals surface area contributed by atoms with E-state index in [4.69, 9.17) is 0 Å². The molecule has 2 rings (SSSR count). The maximum Gasteiger partial charge on any atom is 0.185 e. The highest BCUT2D eigenvalue weighted by molar-refractivity contribution is 8.13. The molecule has 0 atom stereocenters. The normalized spacial score (nSPS) is 10.4. The van der Waals surface area contributed by atoms with Crippen molar-refractivity contribution < 1.29 is 4.79 Å². The highest BCUT2D eigenvalue weighted by Crippen LogP contribution is 2.22. The molecule has 0 aromatic carbocycles. The molecule has 0 N–H and O–H groups in total. The Hall–Kier alpha value is -1.20. The van der Waals surface area contributed by atoms with E-state index in [2.05, 4.69) is 9.97 Å². The van der Waals surface area contributed by atoms with E-state index in [0.29, 0.717) is 0 Å². The molecule has 0 aliphatic rings. The fraction of sp³-hybridized carbons (Fsp3) is 0.250. The number of carbonyl (C=O) groups excluding carboxylic acids is 1. The highest BCUT2D eigenvalue weighted by Gasteiger charge is 2.05. The molecular weight excluding hydrogens is 252 g/mol. The molecule has 0 saturated carbocycles. The number of hydrogen-bond acceptors (Lipinski definition) is 5. The van der Waals surface area contributed by atoms with Gasteiger partial charge >= 0.3 is 0 Å². The SMILES string of the molecule is CC(=O)SCCc1csc(-c2ccccn2)n1. The first-order valence-electron chi connectivity index (χ1n) is 5.25. The van der Waals surface area contributed by atoms with Gasteiger partial charge in [-0.25, -0.2) is 4.98 Å². The van der Waals surface area contributed by atoms with Gasteiger partial charge in [-0.3, -0.25) is 9.78 Å². The molecule has 0 saturated heterocycles. The van der Waals surface area contributed by atoms with Crippen molar-refractivity contribution >= 4 is 28.2 Å². The lowest BCUT2D eigenvalue weighted by molar-refractivity contribution is -0.109. The number of aryl methyl sites for hydroxylation is 1. The van der Waals surface area contributed by atoms with Crippen molar-refractivity contribution in [3.05, 3.63) is 35.5 Å². The molecule has 0 aliphatic carbocycles. The average molecular weight is 264 g/mol. The lowest BCUT2D eigenvalue weighted by Gasteiger charge is -1.95. The van der Waals surface area contributed by atoms with Crippen molar-refractivity contribution in [2.75, 3.05) is 5.75 Å². The van der Waals surface area contributed by atoms with Gasteiger partial charge in [0, 0.05) is 30.7 Å². The van der Waals surface area contributed by atoms with E-state index in [9.17, 15) is 4.79 Å². The fourth-order valence-corrected chi connectivity index (χ4v) is 2.76. The van der Waals surface area contributed by atoms with Crippen LogP contribution in [-0.4, -0.2) is 20.8 Å². The number of thiazole rings is 1. The van der Waals surface area contributed by atoms with Crippen LogP contribution in [0, 0.1) is 0 Å². The Balaban J connectivity index is 1.99. The molecule has 0 bridgehead atoms. The van der Waals surface area contributed by atoms with Crippen LogP contribution < -0.4 is 0 Å². The Morgan fingerprint density at radius 1 is 1.47 bits per heavy atom. The van der Waals surface area contributed by atoms with Crippen molar-refractivity contribution in [1.29, 1.82) is 0 Å². The van der Waals surface area contributed by atoms with Gasteiger partial charge in [0.1, 0.15) is 5.01 Å². The summed E-state index contributed by atoms with van der Waals surface area (Å²) in [5.41, 5.74) is 1.94. The van der Waals surface area contributed by atoms with E-state index in [1.807, 2.05) is 23.6 Å². The van der Waals surface area contributed by atoms with Gasteiger partial charge in [0.05, 0.1) is 11.4 Å². The Labute approximate surface area is 108 Å². The van der Waals surface area contributed by atoms with E-state index in [1.54, 1.807) is 24.5 Å². The van der Waals surface area contributed by atoms with Crippen LogP contribution in [-0.2, 0) is 11.2 Å². The van der Waals surface area contributed by atoms with E-state index in [-0.39, 0.29) is 5.12 Å². The zero-order valence-electron chi connectivity index (χ0n) is 9.42. The van der Waals surface area contributed by atoms with Gasteiger partial charge < -0.3 is 0 Å². The zero-order chi connectivity index (χ0) is 12.1. The fourth-order valence-electron chi connectivity index (χ4n) is 1.33. The summed E-state index contributed by atoms with van der Waals surface area (Å²) in [6.07, 6.45) is 2.59. The zero-order valence-corrected chi connectivity index (χ0v) is 11.1. The minimum absolute atomic E-state index is 0.158. The first-order chi connectivity index (χ1) is 8.25. The molecule has 2 aromatic rings. The summed E-state index contributed by atoms with van der Waals surface area (Å²) in [4.78, 5) is 19.6. The molecule has 2 heterocycles. The van der Waals surface area contributed by atoms with Crippen molar-refractivity contribution in [2.45, 2.75) is 13.3 Å². The Morgan fingerprint density at radius 2 is 2.35 bits per heavy atom. The molecule has 0 radical (unpaired) electrons. The molecule has 3 nitrogen and oxygen atoms in total. The lowest BCUT2D eigenvalue weighted by Crippen LogP contribution is -1.92. The number of nitrogens with zero attached hydrogens (tertiary/aromatic N) is 2. The number of pyridine rings is 1. The van der Waals surface area contributed by atoms with E-state index >= 15 is 0 Å². The summed E-state index contributed by atoms with van der Waals surface area (Å²) >= 11 is 2.93. The van der Waals surface area contributed by atoms with Crippen molar-refractivity contribution in [3.8, 4) is 10.7 Å². The molecule has 0 spiro atoms. The second-order valence-corrected chi connectivity index (χ2v) is 5.58. The summed E-state index contributed by atoms with van der Waals surface area (Å²) in [5.74, 6) is 0.792. The second-order valence-electron chi connectivity index (χ2n) is 3.45. The summed E-state index contributed by atoms with van der Waals surface area (Å²) in [5, 5.41) is 3.13. The maximum atomic E-state index is 10.8. The molecule has 0 unspecified atom stereocenters. The third-order valence-electron chi connectivity index (χ3n) is 2.10. The molecule has 88 valence electrons. The summed E-state index contributed by atoms with van der Waals surface area (Å²) in [6.45, 7) is 1.59. The largest absolute Gasteiger partial charge is 0.288 e. The molecule has 0 amide bonds. The lowest BCUT2D eigenvalue weighted by atomic mass is 10.3. The van der Waals surface area contributed by atoms with Crippen LogP contribution in [0.2, 0.25) is 0 Å². The van der Waals surface area contributed by atoms with Gasteiger partial charge in [-0.1, -0.05) is 17.8 Å². The highest BCUT2D eigenvalue weighted by atomic mass is 32.2. The number of carbonyl (C=O) groups is 1. The van der Waals surface area contributed by atoms with Crippen LogP contribution in [0.4, 0.5) is 0 Å². The van der Waals surface area contributed by atoms with Crippen LogP contribution in [0.25, 0.3) is 10.7 Å². The van der Waals surface area contributed by atoms with Crippen LogP contribution in [0.1, 0.15) is 12.6 Å². The second kappa shape index (κ2) is 5.93. The van der Waals surface area contributed by atoms with Gasteiger partial charge in [-0.15, -0.1) is 11.3 Å². The minimum atomic E-state index is 0.158. The van der Waals surface area contributed by atoms with Crippen LogP contribution in [0.15, 0.2) is 29.8 Å². The van der Waals surface area contributed by atoms with Gasteiger partial charge in [-0.05, 0) is 12.1 Å². The van der Waals surface area contributed by atoms with E-state index < -0.39 is 0 Å². The molecular formula is C12H12N2OS2. The standard InChI is InChI=1S/C12H12N2OS2/c1-9(15)16-7-5-10-8-17-12(14-10)11-4-2-3-6-13-11/h2-4,6,8H,5,7H2,1H3. The van der Waals surface area contributed by atoms with Crippen molar-refractivity contribution in [2.24, 2.45) is 0 Å². The number of hydrogen-bond donors (Lipinski definition) is 0. The van der Waals surface area contributed by atoms with Crippen molar-refractivity contribution in [1.82, 2.24) is 9.97 Å². The summed E-state index contributed by atoms with van der Waals surface area (Å²) in [6, 6.07) is 5.80. The van der Waals surface area contributed by atoms with Gasteiger partial charge in [-0.2, -0.15) is 0 Å². The molecule has 0 fully saturated rings. The van der Waals surface area contributed by atoms with E-state index in [0.717, 1.165) is 28.6 Å². The average Bonchev–Trinajstić information content (AvgIpc) is 2.78. The first-order valence-corrected chi connectivity index (χ1v) is 7.11. The number of rotatable bonds is 4. The summed E-state index contributed by atoms with van der Waals surface area (Å²) < 4.78 is 0. The summed E-state index contributed by atoms with van der Waals surface area (Å²) in [7, 11) is 0. The predicted molar refractivity (Wildman–Crippen MR) is 72.2 cm³/mol. The Morgan fingerprint density at radius 3 is 3.06 bits per heavy atom. The third-order valence-corrected chi connectivity index (χ3v) is 3.83. The Kier molecular flexibility index (Phi) is 4.28. The van der Waals surface area contributed by atoms with Crippen LogP contribution in [0.5, 0.6) is 0 Å². The molecule has 2 aromatic heterocycles. The number of aromatic nitrogens is 2. The molecule has 5 heteroatoms. The third kappa shape index (κ3) is 3.64. The van der Waals surface area contributed by atoms with Gasteiger partial charge in [0.15, 0.2) is 5.12 Å². The van der Waals surface area contributed by atoms with E-state index in [1.165, 1.54) is 11.8 Å². The quantitative estimate of drug-likeness (QED) is 0.851. The molecule has 0 aliphatic heterocycles.